The molecule has 0 saturated carbocycles. The van der Waals surface area contributed by atoms with Crippen LogP contribution in [0.5, 0.6) is 0 Å². The quantitative estimate of drug-likeness (QED) is 0.382. The first-order valence-electron chi connectivity index (χ1n) is 10.9. The molecule has 11 heteroatoms. The number of fused-ring (bicyclic) bond motifs is 7. The summed E-state index contributed by atoms with van der Waals surface area (Å²) in [6.45, 7) is 2.38. The van der Waals surface area contributed by atoms with Gasteiger partial charge in [-0.1, -0.05) is 29.3 Å². The Hall–Kier alpha value is -3.01. The molecule has 1 N–H and O–H groups in total. The molecule has 3 saturated heterocycles. The highest BCUT2D eigenvalue weighted by Gasteiger charge is 2.74. The molecular weight excluding hydrogens is 483 g/mol. The van der Waals surface area contributed by atoms with Crippen molar-refractivity contribution in [3.8, 4) is 0 Å². The molecule has 0 aromatic heterocycles. The zero-order chi connectivity index (χ0) is 24.1. The fourth-order valence-corrected chi connectivity index (χ4v) is 6.77. The van der Waals surface area contributed by atoms with Crippen LogP contribution in [0.3, 0.4) is 0 Å². The van der Waals surface area contributed by atoms with Crippen LogP contribution in [-0.2, 0) is 19.9 Å². The number of hydrogen-bond acceptors (Lipinski definition) is 6. The Morgan fingerprint density at radius 3 is 2.59 bits per heavy atom. The summed E-state index contributed by atoms with van der Waals surface area (Å²) in [5, 5.41) is 14.7. The monoisotopic (exact) mass is 500 g/mol. The normalized spacial score (nSPS) is 29.6. The molecule has 2 aromatic carbocycles. The number of rotatable bonds is 2. The molecule has 0 unspecified atom stereocenters. The van der Waals surface area contributed by atoms with Crippen LogP contribution < -0.4 is 10.2 Å². The Balaban J connectivity index is 1.54. The lowest BCUT2D eigenvalue weighted by atomic mass is 9.75. The summed E-state index contributed by atoms with van der Waals surface area (Å²) >= 11 is 12.2. The predicted octanol–water partition coefficient (Wildman–Crippen LogP) is 3.64. The van der Waals surface area contributed by atoms with E-state index in [0.29, 0.717) is 34.8 Å². The second-order valence-electron chi connectivity index (χ2n) is 9.13. The standard InChI is InChI=1S/C23H18Cl2N4O5/c1-10-13(24)7-5-12-19(10)26-22(32)23(12)18-17(15-3-2-8-27(15)23)20(30)28(21(18)31)11-4-6-14(25)16(9-11)29(33)34/h4-7,9,15,17-18H,2-3,8H2,1H3,(H,26,32)/t15-,17-,18-,23-/m0/s1. The van der Waals surface area contributed by atoms with E-state index in [1.54, 1.807) is 19.1 Å². The van der Waals surface area contributed by atoms with Gasteiger partial charge in [-0.2, -0.15) is 0 Å². The van der Waals surface area contributed by atoms with Gasteiger partial charge in [-0.3, -0.25) is 29.4 Å². The van der Waals surface area contributed by atoms with E-state index in [2.05, 4.69) is 5.32 Å². The topological polar surface area (TPSA) is 113 Å². The van der Waals surface area contributed by atoms with Gasteiger partial charge in [-0.05, 0) is 50.1 Å². The fraction of sp³-hybridized carbons (Fsp3) is 0.348. The van der Waals surface area contributed by atoms with Crippen LogP contribution in [-0.4, -0.2) is 40.1 Å². The van der Waals surface area contributed by atoms with Crippen molar-refractivity contribution in [3.05, 3.63) is 61.6 Å². The van der Waals surface area contributed by atoms with Gasteiger partial charge in [0.2, 0.25) is 17.7 Å². The van der Waals surface area contributed by atoms with Crippen LogP contribution in [0.15, 0.2) is 30.3 Å². The number of amides is 3. The number of nitrogens with one attached hydrogen (secondary N) is 1. The highest BCUT2D eigenvalue weighted by Crippen LogP contribution is 2.61. The Labute approximate surface area is 203 Å². The van der Waals surface area contributed by atoms with E-state index in [-0.39, 0.29) is 22.7 Å². The second-order valence-corrected chi connectivity index (χ2v) is 9.94. The Bertz CT molecular complexity index is 1350. The van der Waals surface area contributed by atoms with Crippen molar-refractivity contribution >= 4 is 58.0 Å². The SMILES string of the molecule is Cc1c(Cl)ccc2c1NC(=O)[C@@]21[C@@H]2C(=O)N(c3ccc(Cl)c([N+](=O)[O-])c3)C(=O)[C@H]2[C@@H]2CCCN21. The number of nitrogens with zero attached hydrogens (tertiary/aromatic N) is 3. The summed E-state index contributed by atoms with van der Waals surface area (Å²) in [6.07, 6.45) is 1.46. The van der Waals surface area contributed by atoms with Crippen molar-refractivity contribution in [2.45, 2.75) is 31.3 Å². The van der Waals surface area contributed by atoms with Crippen molar-refractivity contribution in [1.29, 1.82) is 0 Å². The van der Waals surface area contributed by atoms with Crippen LogP contribution in [0.4, 0.5) is 17.1 Å². The minimum Gasteiger partial charge on any atom is -0.324 e. The number of carbonyl (C=O) groups is 3. The van der Waals surface area contributed by atoms with Crippen LogP contribution in [0, 0.1) is 28.9 Å². The van der Waals surface area contributed by atoms with E-state index in [9.17, 15) is 24.5 Å². The van der Waals surface area contributed by atoms with Gasteiger partial charge in [0.25, 0.3) is 5.69 Å². The van der Waals surface area contributed by atoms with E-state index < -0.39 is 39.8 Å². The van der Waals surface area contributed by atoms with Crippen molar-refractivity contribution < 1.29 is 19.3 Å². The molecule has 2 aromatic rings. The molecule has 1 spiro atoms. The summed E-state index contributed by atoms with van der Waals surface area (Å²) in [6, 6.07) is 7.01. The third kappa shape index (κ3) is 2.41. The maximum atomic E-state index is 13.9. The van der Waals surface area contributed by atoms with Gasteiger partial charge in [0.05, 0.1) is 28.1 Å². The molecular formula is C23H18Cl2N4O5. The third-order valence-electron chi connectivity index (χ3n) is 7.75. The van der Waals surface area contributed by atoms with Crippen LogP contribution in [0.25, 0.3) is 0 Å². The number of halogens is 2. The zero-order valence-electron chi connectivity index (χ0n) is 17.9. The van der Waals surface area contributed by atoms with Crippen molar-refractivity contribution in [2.75, 3.05) is 16.8 Å². The summed E-state index contributed by atoms with van der Waals surface area (Å²) in [4.78, 5) is 55.1. The minimum absolute atomic E-state index is 0.0751. The molecule has 4 aliphatic heterocycles. The molecule has 4 atom stereocenters. The summed E-state index contributed by atoms with van der Waals surface area (Å²) < 4.78 is 0. The molecule has 0 bridgehead atoms. The van der Waals surface area contributed by atoms with Crippen molar-refractivity contribution in [2.24, 2.45) is 11.8 Å². The van der Waals surface area contributed by atoms with E-state index in [4.69, 9.17) is 23.2 Å². The number of carbonyl (C=O) groups excluding carboxylic acids is 3. The highest BCUT2D eigenvalue weighted by atomic mass is 35.5. The number of imide groups is 1. The van der Waals surface area contributed by atoms with Crippen molar-refractivity contribution in [3.63, 3.8) is 0 Å². The molecule has 3 amide bonds. The first kappa shape index (κ1) is 21.5. The van der Waals surface area contributed by atoms with Crippen LogP contribution in [0.1, 0.15) is 24.0 Å². The average molecular weight is 501 g/mol. The van der Waals surface area contributed by atoms with Crippen molar-refractivity contribution in [1.82, 2.24) is 4.90 Å². The van der Waals surface area contributed by atoms with E-state index in [0.717, 1.165) is 17.4 Å². The highest BCUT2D eigenvalue weighted by molar-refractivity contribution is 6.33. The maximum Gasteiger partial charge on any atom is 0.289 e. The number of hydrogen-bond donors (Lipinski definition) is 1. The van der Waals surface area contributed by atoms with Gasteiger partial charge in [-0.25, -0.2) is 4.90 Å². The lowest BCUT2D eigenvalue weighted by molar-refractivity contribution is -0.384. The van der Waals surface area contributed by atoms with Gasteiger partial charge in [-0.15, -0.1) is 0 Å². The largest absolute Gasteiger partial charge is 0.324 e. The number of benzene rings is 2. The minimum atomic E-state index is -1.34. The first-order chi connectivity index (χ1) is 16.2. The van der Waals surface area contributed by atoms with Gasteiger partial charge < -0.3 is 5.32 Å². The zero-order valence-corrected chi connectivity index (χ0v) is 19.4. The Morgan fingerprint density at radius 1 is 1.12 bits per heavy atom. The van der Waals surface area contributed by atoms with E-state index >= 15 is 0 Å². The molecule has 0 radical (unpaired) electrons. The smallest absolute Gasteiger partial charge is 0.289 e. The van der Waals surface area contributed by atoms with Gasteiger partial charge in [0.1, 0.15) is 10.6 Å². The summed E-state index contributed by atoms with van der Waals surface area (Å²) in [5.74, 6) is -3.04. The molecule has 34 heavy (non-hydrogen) atoms. The molecule has 6 rings (SSSR count). The van der Waals surface area contributed by atoms with Gasteiger partial charge in [0.15, 0.2) is 0 Å². The van der Waals surface area contributed by atoms with E-state index in [1.165, 1.54) is 12.1 Å². The van der Waals surface area contributed by atoms with Crippen LogP contribution in [0.2, 0.25) is 10.0 Å². The third-order valence-corrected chi connectivity index (χ3v) is 8.48. The molecule has 4 aliphatic rings. The lowest BCUT2D eigenvalue weighted by Gasteiger charge is -2.36. The Morgan fingerprint density at radius 2 is 1.85 bits per heavy atom. The van der Waals surface area contributed by atoms with Gasteiger partial charge in [0, 0.05) is 22.7 Å². The lowest BCUT2D eigenvalue weighted by Crippen LogP contribution is -2.54. The molecule has 9 nitrogen and oxygen atoms in total. The van der Waals surface area contributed by atoms with Crippen LogP contribution >= 0.6 is 23.2 Å². The second kappa shape index (κ2) is 7.00. The first-order valence-corrected chi connectivity index (χ1v) is 11.6. The van der Waals surface area contributed by atoms with E-state index in [1.807, 2.05) is 4.90 Å². The average Bonchev–Trinajstić information content (AvgIpc) is 3.50. The molecule has 174 valence electrons. The molecule has 3 fully saturated rings. The maximum absolute atomic E-state index is 13.9. The Kier molecular flexibility index (Phi) is 4.43. The molecule has 4 heterocycles. The number of anilines is 2. The predicted molar refractivity (Wildman–Crippen MR) is 124 cm³/mol. The summed E-state index contributed by atoms with van der Waals surface area (Å²) in [5.41, 5.74) is 0.254. The molecule has 0 aliphatic carbocycles. The van der Waals surface area contributed by atoms with Gasteiger partial charge >= 0.3 is 0 Å². The summed E-state index contributed by atoms with van der Waals surface area (Å²) in [7, 11) is 0. The number of nitro groups is 1. The fourth-order valence-electron chi connectivity index (χ4n) is 6.43. The number of nitro benzene ring substituents is 1.